The van der Waals surface area contributed by atoms with Crippen molar-refractivity contribution in [1.82, 2.24) is 0 Å². The number of hydrogen-bond donors (Lipinski definition) is 1. The molecule has 2 rings (SSSR count). The van der Waals surface area contributed by atoms with E-state index >= 15 is 0 Å². The van der Waals surface area contributed by atoms with Gasteiger partial charge in [0.2, 0.25) is 0 Å². The lowest BCUT2D eigenvalue weighted by Crippen LogP contribution is -2.09. The molecule has 1 unspecified atom stereocenters. The van der Waals surface area contributed by atoms with Crippen LogP contribution in [0.5, 0.6) is 17.2 Å². The maximum atomic E-state index is 12.7. The Bertz CT molecular complexity index is 653. The molecule has 1 N–H and O–H groups in total. The molecule has 0 saturated heterocycles. The summed E-state index contributed by atoms with van der Waals surface area (Å²) in [7, 11) is 1.31. The van der Waals surface area contributed by atoms with Crippen molar-refractivity contribution in [2.75, 3.05) is 7.11 Å². The zero-order valence-electron chi connectivity index (χ0n) is 12.0. The Kier molecular flexibility index (Phi) is 4.49. The van der Waals surface area contributed by atoms with Gasteiger partial charge >= 0.3 is 6.18 Å². The average molecular weight is 312 g/mol. The van der Waals surface area contributed by atoms with Crippen molar-refractivity contribution in [3.8, 4) is 17.2 Å². The maximum absolute atomic E-state index is 12.7. The van der Waals surface area contributed by atoms with Crippen LogP contribution >= 0.6 is 0 Å². The molecule has 0 aliphatic carbocycles. The van der Waals surface area contributed by atoms with E-state index in [1.807, 2.05) is 0 Å². The van der Waals surface area contributed by atoms with E-state index in [2.05, 4.69) is 0 Å². The predicted octanol–water partition coefficient (Wildman–Crippen LogP) is 4.56. The van der Waals surface area contributed by atoms with Gasteiger partial charge in [-0.05, 0) is 31.2 Å². The van der Waals surface area contributed by atoms with Gasteiger partial charge in [-0.3, -0.25) is 0 Å². The van der Waals surface area contributed by atoms with Crippen LogP contribution in [-0.2, 0) is 6.18 Å². The second kappa shape index (κ2) is 6.17. The first-order chi connectivity index (χ1) is 10.3. The van der Waals surface area contributed by atoms with Crippen LogP contribution in [0.4, 0.5) is 13.2 Å². The summed E-state index contributed by atoms with van der Waals surface area (Å²) < 4.78 is 48.8. The minimum atomic E-state index is -4.43. The summed E-state index contributed by atoms with van der Waals surface area (Å²) in [6.07, 6.45) is -4.97. The smallest absolute Gasteiger partial charge is 0.416 e. The summed E-state index contributed by atoms with van der Waals surface area (Å²) >= 11 is 0. The number of rotatable bonds is 4. The van der Waals surface area contributed by atoms with Crippen LogP contribution < -0.4 is 9.47 Å². The summed E-state index contributed by atoms with van der Waals surface area (Å²) in [5.74, 6) is 0.556. The van der Waals surface area contributed by atoms with Crippen molar-refractivity contribution in [3.63, 3.8) is 0 Å². The summed E-state index contributed by atoms with van der Waals surface area (Å²) in [6, 6.07) is 9.43. The van der Waals surface area contributed by atoms with Gasteiger partial charge in [0.1, 0.15) is 23.4 Å². The van der Waals surface area contributed by atoms with E-state index in [1.54, 1.807) is 19.1 Å². The second-order valence-electron chi connectivity index (χ2n) is 4.71. The van der Waals surface area contributed by atoms with Crippen LogP contribution in [0.3, 0.4) is 0 Å². The minimum absolute atomic E-state index is 0.0454. The zero-order chi connectivity index (χ0) is 16.3. The van der Waals surface area contributed by atoms with E-state index in [0.29, 0.717) is 11.3 Å². The molecule has 0 radical (unpaired) electrons. The normalized spacial score (nSPS) is 12.8. The Balaban J connectivity index is 2.27. The Hall–Kier alpha value is -2.37. The van der Waals surface area contributed by atoms with Gasteiger partial charge in [0, 0.05) is 11.6 Å². The largest absolute Gasteiger partial charge is 0.508 e. The molecule has 0 aromatic heterocycles. The van der Waals surface area contributed by atoms with Gasteiger partial charge in [-0.1, -0.05) is 12.1 Å². The fourth-order valence-corrected chi connectivity index (χ4v) is 2.05. The van der Waals surface area contributed by atoms with E-state index in [1.165, 1.54) is 25.3 Å². The molecule has 1 atom stereocenters. The molecular weight excluding hydrogens is 297 g/mol. The number of aromatic hydroxyl groups is 1. The van der Waals surface area contributed by atoms with E-state index in [-0.39, 0.29) is 11.5 Å². The monoisotopic (exact) mass is 312 g/mol. The molecule has 0 aliphatic heterocycles. The lowest BCUT2D eigenvalue weighted by Gasteiger charge is -2.19. The summed E-state index contributed by atoms with van der Waals surface area (Å²) in [6.45, 7) is 1.69. The number of phenolic OH excluding ortho intramolecular Hbond substituents is 1. The molecule has 6 heteroatoms. The first-order valence-corrected chi connectivity index (χ1v) is 6.52. The van der Waals surface area contributed by atoms with E-state index in [9.17, 15) is 18.3 Å². The predicted molar refractivity (Wildman–Crippen MR) is 75.1 cm³/mol. The number of alkyl halides is 3. The number of phenols is 1. The van der Waals surface area contributed by atoms with Gasteiger partial charge in [-0.2, -0.15) is 13.2 Å². The minimum Gasteiger partial charge on any atom is -0.508 e. The molecule has 0 saturated carbocycles. The van der Waals surface area contributed by atoms with Crippen LogP contribution in [0.15, 0.2) is 42.5 Å². The zero-order valence-corrected chi connectivity index (χ0v) is 12.0. The van der Waals surface area contributed by atoms with Crippen molar-refractivity contribution in [2.45, 2.75) is 19.2 Å². The maximum Gasteiger partial charge on any atom is 0.416 e. The first kappa shape index (κ1) is 16.0. The molecule has 0 heterocycles. The Morgan fingerprint density at radius 2 is 1.82 bits per heavy atom. The Labute approximate surface area is 125 Å². The molecule has 0 spiro atoms. The molecule has 0 amide bonds. The van der Waals surface area contributed by atoms with Crippen LogP contribution in [0.1, 0.15) is 24.2 Å². The molecule has 2 aromatic rings. The van der Waals surface area contributed by atoms with Gasteiger partial charge in [-0.25, -0.2) is 0 Å². The molecule has 2 aromatic carbocycles. The molecule has 0 bridgehead atoms. The highest BCUT2D eigenvalue weighted by molar-refractivity contribution is 5.41. The molecule has 22 heavy (non-hydrogen) atoms. The van der Waals surface area contributed by atoms with Gasteiger partial charge in [-0.15, -0.1) is 0 Å². The molecule has 0 aliphatic rings. The number of ether oxygens (including phenoxy) is 2. The second-order valence-corrected chi connectivity index (χ2v) is 4.71. The SMILES string of the molecule is COc1cc(C(F)(F)F)ccc1C(C)Oc1cccc(O)c1. The van der Waals surface area contributed by atoms with Crippen molar-refractivity contribution in [1.29, 1.82) is 0 Å². The number of benzene rings is 2. The fraction of sp³-hybridized carbons (Fsp3) is 0.250. The lowest BCUT2D eigenvalue weighted by molar-refractivity contribution is -0.137. The van der Waals surface area contributed by atoms with Gasteiger partial charge in [0.15, 0.2) is 0 Å². The van der Waals surface area contributed by atoms with Crippen LogP contribution in [0.25, 0.3) is 0 Å². The highest BCUT2D eigenvalue weighted by Crippen LogP contribution is 2.36. The first-order valence-electron chi connectivity index (χ1n) is 6.52. The molecule has 118 valence electrons. The van der Waals surface area contributed by atoms with E-state index in [4.69, 9.17) is 9.47 Å². The lowest BCUT2D eigenvalue weighted by atomic mass is 10.1. The van der Waals surface area contributed by atoms with Gasteiger partial charge < -0.3 is 14.6 Å². The van der Waals surface area contributed by atoms with Crippen LogP contribution in [0, 0.1) is 0 Å². The summed E-state index contributed by atoms with van der Waals surface area (Å²) in [5.41, 5.74) is -0.295. The van der Waals surface area contributed by atoms with Crippen LogP contribution in [0.2, 0.25) is 0 Å². The third-order valence-corrected chi connectivity index (χ3v) is 3.13. The third kappa shape index (κ3) is 3.63. The van der Waals surface area contributed by atoms with E-state index < -0.39 is 17.8 Å². The highest BCUT2D eigenvalue weighted by Gasteiger charge is 2.31. The van der Waals surface area contributed by atoms with Crippen molar-refractivity contribution in [3.05, 3.63) is 53.6 Å². The number of hydrogen-bond acceptors (Lipinski definition) is 3. The van der Waals surface area contributed by atoms with Crippen molar-refractivity contribution >= 4 is 0 Å². The topological polar surface area (TPSA) is 38.7 Å². The molecule has 3 nitrogen and oxygen atoms in total. The summed E-state index contributed by atoms with van der Waals surface area (Å²) in [4.78, 5) is 0. The van der Waals surface area contributed by atoms with Crippen molar-refractivity contribution < 1.29 is 27.8 Å². The molecular formula is C16H15F3O3. The Morgan fingerprint density at radius 1 is 1.09 bits per heavy atom. The fourth-order valence-electron chi connectivity index (χ4n) is 2.05. The van der Waals surface area contributed by atoms with E-state index in [0.717, 1.165) is 12.1 Å². The third-order valence-electron chi connectivity index (χ3n) is 3.13. The van der Waals surface area contributed by atoms with Gasteiger partial charge in [0.05, 0.1) is 12.7 Å². The number of methoxy groups -OCH3 is 1. The summed E-state index contributed by atoms with van der Waals surface area (Å²) in [5, 5.41) is 9.39. The quantitative estimate of drug-likeness (QED) is 0.899. The van der Waals surface area contributed by atoms with Gasteiger partial charge in [0.25, 0.3) is 0 Å². The highest BCUT2D eigenvalue weighted by atomic mass is 19.4. The number of halogens is 3. The standard InChI is InChI=1S/C16H15F3O3/c1-10(22-13-5-3-4-12(20)9-13)14-7-6-11(16(17,18)19)8-15(14)21-2/h3-10,20H,1-2H3. The Morgan fingerprint density at radius 3 is 2.41 bits per heavy atom. The van der Waals surface area contributed by atoms with Crippen LogP contribution in [-0.4, -0.2) is 12.2 Å². The molecule has 0 fully saturated rings. The average Bonchev–Trinajstić information content (AvgIpc) is 2.45. The van der Waals surface area contributed by atoms with Crippen molar-refractivity contribution in [2.24, 2.45) is 0 Å².